The molecule has 7 nitrogen and oxygen atoms in total. The molecule has 4 aromatic rings. The Hall–Kier alpha value is -4.00. The second-order valence-electron chi connectivity index (χ2n) is 11.7. The maximum Gasteiger partial charge on any atom is 0.253 e. The minimum absolute atomic E-state index is 0.155. The molecule has 1 aromatic heterocycles. The summed E-state index contributed by atoms with van der Waals surface area (Å²) in [5, 5.41) is 22.5. The highest BCUT2D eigenvalue weighted by Crippen LogP contribution is 2.27. The Bertz CT molecular complexity index is 1620. The van der Waals surface area contributed by atoms with Crippen LogP contribution in [0, 0.1) is 18.3 Å². The van der Waals surface area contributed by atoms with Crippen molar-refractivity contribution in [1.82, 2.24) is 21.3 Å². The lowest BCUT2D eigenvalue weighted by Crippen LogP contribution is -2.53. The van der Waals surface area contributed by atoms with Gasteiger partial charge in [-0.05, 0) is 86.8 Å². The highest BCUT2D eigenvalue weighted by atomic mass is 35.5. The normalized spacial score (nSPS) is 17.8. The number of alkyl halides is 1. The molecule has 5 rings (SSSR count). The van der Waals surface area contributed by atoms with Crippen LogP contribution in [0.2, 0.25) is 5.02 Å². The van der Waals surface area contributed by atoms with Crippen LogP contribution in [-0.2, 0) is 13.0 Å². The maximum atomic E-state index is 14.5. The average molecular weight is 628 g/mol. The minimum atomic E-state index is -1.00. The standard InChI is InChI=1S/C36H39ClFN5O2/c1-23-3-9-27(10-4-23)24(2)41-21-30-12-14-35(45-30)28-11-13-32(37)31(18-28)36(44)43-29(17-25-5-7-26(19-39)8-6-25)20-42-34-15-16-40-22-33(34)38/h3-14,18,24,29,33-34,40-42H,15-17,20-22H2,1-2H3,(H,43,44)/t24-,29-,33?,34?/m1/s1. The summed E-state index contributed by atoms with van der Waals surface area (Å²) in [6.45, 7) is 6.17. The number of nitrogens with one attached hydrogen (secondary N) is 4. The number of amides is 1. The number of hydrogen-bond donors (Lipinski definition) is 4. The van der Waals surface area contributed by atoms with Crippen molar-refractivity contribution >= 4 is 17.5 Å². The molecule has 0 radical (unpaired) electrons. The summed E-state index contributed by atoms with van der Waals surface area (Å²) in [5.74, 6) is 1.09. The SMILES string of the molecule is Cc1ccc([C@@H](C)NCc2ccc(-c3ccc(Cl)c(C(=O)N[C@@H](CNC4CCNCC4F)Cc4ccc(C#N)cc4)c3)o2)cc1. The topological polar surface area (TPSA) is 102 Å². The number of carbonyl (C=O) groups excluding carboxylic acids is 1. The van der Waals surface area contributed by atoms with Crippen LogP contribution in [0.1, 0.15) is 57.8 Å². The molecule has 1 aliphatic heterocycles. The number of benzene rings is 3. The van der Waals surface area contributed by atoms with Gasteiger partial charge in [0.2, 0.25) is 0 Å². The second-order valence-corrected chi connectivity index (χ2v) is 12.1. The van der Waals surface area contributed by atoms with Crippen LogP contribution < -0.4 is 21.3 Å². The third-order valence-corrected chi connectivity index (χ3v) is 8.58. The molecule has 4 N–H and O–H groups in total. The molecule has 9 heteroatoms. The zero-order valence-corrected chi connectivity index (χ0v) is 26.3. The Morgan fingerprint density at radius 2 is 1.89 bits per heavy atom. The molecule has 0 aliphatic carbocycles. The first-order valence-electron chi connectivity index (χ1n) is 15.4. The molecule has 1 fully saturated rings. The summed E-state index contributed by atoms with van der Waals surface area (Å²) in [7, 11) is 0. The number of aryl methyl sites for hydroxylation is 1. The zero-order chi connectivity index (χ0) is 31.8. The fourth-order valence-corrected chi connectivity index (χ4v) is 5.69. The molecule has 1 saturated heterocycles. The number of furan rings is 1. The lowest BCUT2D eigenvalue weighted by atomic mass is 10.0. The Kier molecular flexibility index (Phi) is 11.0. The van der Waals surface area contributed by atoms with Gasteiger partial charge in [0.25, 0.3) is 5.91 Å². The van der Waals surface area contributed by atoms with Crippen molar-refractivity contribution in [1.29, 1.82) is 5.26 Å². The van der Waals surface area contributed by atoms with Gasteiger partial charge in [-0.25, -0.2) is 4.39 Å². The lowest BCUT2D eigenvalue weighted by Gasteiger charge is -2.30. The summed E-state index contributed by atoms with van der Waals surface area (Å²) >= 11 is 6.53. The molecular weight excluding hydrogens is 589 g/mol. The molecule has 0 spiro atoms. The quantitative estimate of drug-likeness (QED) is 0.148. The van der Waals surface area contributed by atoms with Crippen molar-refractivity contribution in [2.75, 3.05) is 19.6 Å². The molecular formula is C36H39ClFN5O2. The van der Waals surface area contributed by atoms with Crippen LogP contribution in [0.3, 0.4) is 0 Å². The van der Waals surface area contributed by atoms with Crippen molar-refractivity contribution in [3.8, 4) is 17.4 Å². The summed E-state index contributed by atoms with van der Waals surface area (Å²) in [5.41, 5.74) is 5.01. The third-order valence-electron chi connectivity index (χ3n) is 8.25. The number of rotatable bonds is 12. The van der Waals surface area contributed by atoms with E-state index in [0.29, 0.717) is 54.4 Å². The van der Waals surface area contributed by atoms with Gasteiger partial charge in [-0.15, -0.1) is 0 Å². The molecule has 3 aromatic carbocycles. The molecule has 2 heterocycles. The fourth-order valence-electron chi connectivity index (χ4n) is 5.49. The third kappa shape index (κ3) is 8.80. The molecule has 1 aliphatic rings. The average Bonchev–Trinajstić information content (AvgIpc) is 3.53. The number of nitrogens with zero attached hydrogens (tertiary/aromatic N) is 1. The first kappa shape index (κ1) is 32.4. The fraction of sp³-hybridized carbons (Fsp3) is 0.333. The Balaban J connectivity index is 1.26. The lowest BCUT2D eigenvalue weighted by molar-refractivity contribution is 0.0934. The molecule has 234 valence electrons. The first-order chi connectivity index (χ1) is 21.8. The van der Waals surface area contributed by atoms with Gasteiger partial charge in [-0.3, -0.25) is 4.79 Å². The second kappa shape index (κ2) is 15.3. The van der Waals surface area contributed by atoms with Crippen molar-refractivity contribution in [3.63, 3.8) is 0 Å². The number of nitriles is 1. The van der Waals surface area contributed by atoms with Crippen LogP contribution in [-0.4, -0.2) is 43.8 Å². The molecule has 1 amide bonds. The smallest absolute Gasteiger partial charge is 0.253 e. The van der Waals surface area contributed by atoms with E-state index in [9.17, 15) is 9.18 Å². The van der Waals surface area contributed by atoms with Crippen molar-refractivity contribution < 1.29 is 13.6 Å². The van der Waals surface area contributed by atoms with Crippen LogP contribution in [0.15, 0.2) is 83.3 Å². The number of halogens is 2. The summed E-state index contributed by atoms with van der Waals surface area (Å²) in [4.78, 5) is 13.6. The van der Waals surface area contributed by atoms with E-state index in [4.69, 9.17) is 21.3 Å². The highest BCUT2D eigenvalue weighted by molar-refractivity contribution is 6.34. The van der Waals surface area contributed by atoms with E-state index >= 15 is 0 Å². The number of carbonyl (C=O) groups is 1. The first-order valence-corrected chi connectivity index (χ1v) is 15.7. The van der Waals surface area contributed by atoms with Crippen LogP contribution in [0.4, 0.5) is 4.39 Å². The van der Waals surface area contributed by atoms with Crippen molar-refractivity contribution in [2.24, 2.45) is 0 Å². The number of piperidine rings is 1. The van der Waals surface area contributed by atoms with Gasteiger partial charge < -0.3 is 25.7 Å². The van der Waals surface area contributed by atoms with E-state index in [1.165, 1.54) is 11.1 Å². The molecule has 2 unspecified atom stereocenters. The van der Waals surface area contributed by atoms with E-state index in [1.54, 1.807) is 24.3 Å². The van der Waals surface area contributed by atoms with Crippen molar-refractivity contribution in [2.45, 2.75) is 57.5 Å². The Morgan fingerprint density at radius 1 is 1.11 bits per heavy atom. The summed E-state index contributed by atoms with van der Waals surface area (Å²) in [6, 6.07) is 26.4. The monoisotopic (exact) mass is 627 g/mol. The predicted molar refractivity (Wildman–Crippen MR) is 176 cm³/mol. The summed E-state index contributed by atoms with van der Waals surface area (Å²) < 4.78 is 20.6. The van der Waals surface area contributed by atoms with Gasteiger partial charge in [0, 0.05) is 36.8 Å². The van der Waals surface area contributed by atoms with E-state index in [1.807, 2.05) is 30.3 Å². The molecule has 0 bridgehead atoms. The van der Waals surface area contributed by atoms with Crippen LogP contribution in [0.5, 0.6) is 0 Å². The zero-order valence-electron chi connectivity index (χ0n) is 25.6. The van der Waals surface area contributed by atoms with Crippen molar-refractivity contribution in [3.05, 3.63) is 117 Å². The Labute approximate surface area is 269 Å². The van der Waals surface area contributed by atoms with Crippen LogP contribution >= 0.6 is 11.6 Å². The minimum Gasteiger partial charge on any atom is -0.460 e. The maximum absolute atomic E-state index is 14.5. The van der Waals surface area contributed by atoms with Gasteiger partial charge in [0.15, 0.2) is 0 Å². The van der Waals surface area contributed by atoms with Gasteiger partial charge in [-0.1, -0.05) is 53.6 Å². The predicted octanol–water partition coefficient (Wildman–Crippen LogP) is 6.26. The van der Waals surface area contributed by atoms with E-state index < -0.39 is 6.17 Å². The van der Waals surface area contributed by atoms with E-state index in [-0.39, 0.29) is 24.0 Å². The largest absolute Gasteiger partial charge is 0.460 e. The molecule has 45 heavy (non-hydrogen) atoms. The van der Waals surface area contributed by atoms with Gasteiger partial charge >= 0.3 is 0 Å². The van der Waals surface area contributed by atoms with E-state index in [0.717, 1.165) is 23.4 Å². The number of hydrogen-bond acceptors (Lipinski definition) is 6. The van der Waals surface area contributed by atoms with E-state index in [2.05, 4.69) is 65.4 Å². The van der Waals surface area contributed by atoms with Gasteiger partial charge in [0.05, 0.1) is 28.8 Å². The van der Waals surface area contributed by atoms with Gasteiger partial charge in [-0.2, -0.15) is 5.26 Å². The highest BCUT2D eigenvalue weighted by Gasteiger charge is 2.26. The molecule has 0 saturated carbocycles. The summed E-state index contributed by atoms with van der Waals surface area (Å²) in [6.07, 6.45) is 0.160. The van der Waals surface area contributed by atoms with Gasteiger partial charge in [0.1, 0.15) is 17.7 Å². The van der Waals surface area contributed by atoms with Crippen LogP contribution in [0.25, 0.3) is 11.3 Å². The Morgan fingerprint density at radius 3 is 2.62 bits per heavy atom. The molecule has 4 atom stereocenters.